The second kappa shape index (κ2) is 8.78. The summed E-state index contributed by atoms with van der Waals surface area (Å²) in [4.78, 5) is 40.1. The third-order valence-electron chi connectivity index (χ3n) is 7.07. The van der Waals surface area contributed by atoms with Gasteiger partial charge in [-0.05, 0) is 31.0 Å². The van der Waals surface area contributed by atoms with Crippen molar-refractivity contribution in [2.24, 2.45) is 0 Å². The number of carbonyl (C=O) groups excluding carboxylic acids is 3. The number of aromatic nitrogens is 3. The van der Waals surface area contributed by atoms with E-state index in [2.05, 4.69) is 25.4 Å². The van der Waals surface area contributed by atoms with Crippen LogP contribution in [-0.4, -0.2) is 50.7 Å². The van der Waals surface area contributed by atoms with Crippen LogP contribution in [-0.2, 0) is 28.1 Å². The van der Waals surface area contributed by atoms with Crippen LogP contribution < -0.4 is 15.4 Å². The van der Waals surface area contributed by atoms with Crippen molar-refractivity contribution in [3.05, 3.63) is 59.9 Å². The van der Waals surface area contributed by atoms with E-state index in [9.17, 15) is 14.4 Å². The summed E-state index contributed by atoms with van der Waals surface area (Å²) in [7, 11) is 0. The molecule has 0 radical (unpaired) electrons. The predicted molar refractivity (Wildman–Crippen MR) is 130 cm³/mol. The van der Waals surface area contributed by atoms with Gasteiger partial charge in [-0.15, -0.1) is 10.2 Å². The number of benzene rings is 2. The molecule has 4 amide bonds. The molecule has 4 heterocycles. The molecule has 36 heavy (non-hydrogen) atoms. The molecule has 3 aromatic rings. The van der Waals surface area contributed by atoms with Crippen molar-refractivity contribution in [1.29, 1.82) is 0 Å². The van der Waals surface area contributed by atoms with E-state index in [0.29, 0.717) is 30.0 Å². The number of imide groups is 1. The topological polar surface area (TPSA) is 118 Å². The summed E-state index contributed by atoms with van der Waals surface area (Å²) >= 11 is 0. The number of hydrogen-bond acceptors (Lipinski definition) is 6. The zero-order valence-corrected chi connectivity index (χ0v) is 19.7. The molecule has 0 aliphatic carbocycles. The standard InChI is InChI=1S/C26H26N6O4/c33-22(16-32-24(34)26(28-25(32)35)12-14-36-20-10-4-3-9-19(20)26)27-18-8-6-7-17(15-18)23-30-29-21-11-2-1-5-13-31(21)23/h3-4,6-10,15H,1-2,5,11-14,16H2,(H,27,33)(H,28,35). The molecule has 184 valence electrons. The molecule has 3 aliphatic heterocycles. The van der Waals surface area contributed by atoms with Crippen LogP contribution in [0.4, 0.5) is 10.5 Å². The van der Waals surface area contributed by atoms with Gasteiger partial charge in [0.05, 0.1) is 6.61 Å². The summed E-state index contributed by atoms with van der Waals surface area (Å²) in [6.07, 6.45) is 4.57. The number of anilines is 1. The lowest BCUT2D eigenvalue weighted by Crippen LogP contribution is -2.48. The zero-order chi connectivity index (χ0) is 24.7. The van der Waals surface area contributed by atoms with Crippen molar-refractivity contribution in [3.8, 4) is 17.1 Å². The van der Waals surface area contributed by atoms with Gasteiger partial charge in [-0.2, -0.15) is 0 Å². The monoisotopic (exact) mass is 486 g/mol. The van der Waals surface area contributed by atoms with E-state index in [4.69, 9.17) is 4.74 Å². The van der Waals surface area contributed by atoms with Crippen molar-refractivity contribution in [1.82, 2.24) is 25.0 Å². The number of rotatable bonds is 4. The number of amides is 4. The highest BCUT2D eigenvalue weighted by Gasteiger charge is 2.55. The Morgan fingerprint density at radius 2 is 1.97 bits per heavy atom. The van der Waals surface area contributed by atoms with Crippen molar-refractivity contribution in [2.75, 3.05) is 18.5 Å². The lowest BCUT2D eigenvalue weighted by Gasteiger charge is -2.33. The van der Waals surface area contributed by atoms with Gasteiger partial charge in [0.25, 0.3) is 5.91 Å². The van der Waals surface area contributed by atoms with Crippen molar-refractivity contribution in [2.45, 2.75) is 44.2 Å². The molecule has 1 atom stereocenters. The minimum absolute atomic E-state index is 0.294. The molecule has 10 nitrogen and oxygen atoms in total. The number of hydrogen-bond donors (Lipinski definition) is 2. The van der Waals surface area contributed by atoms with Gasteiger partial charge in [-0.1, -0.05) is 36.8 Å². The molecule has 1 spiro atoms. The fourth-order valence-corrected chi connectivity index (χ4v) is 5.29. The van der Waals surface area contributed by atoms with Crippen LogP contribution in [0.2, 0.25) is 0 Å². The molecular formula is C26H26N6O4. The lowest BCUT2D eigenvalue weighted by molar-refractivity contribution is -0.135. The normalized spacial score (nSPS) is 20.8. The molecule has 10 heteroatoms. The van der Waals surface area contributed by atoms with Crippen molar-refractivity contribution < 1.29 is 19.1 Å². The summed E-state index contributed by atoms with van der Waals surface area (Å²) in [5.41, 5.74) is 0.804. The molecule has 1 fully saturated rings. The fraction of sp³-hybridized carbons (Fsp3) is 0.346. The second-order valence-corrected chi connectivity index (χ2v) is 9.35. The third kappa shape index (κ3) is 3.69. The number of nitrogens with one attached hydrogen (secondary N) is 2. The first kappa shape index (κ1) is 22.3. The molecular weight excluding hydrogens is 460 g/mol. The van der Waals surface area contributed by atoms with Gasteiger partial charge in [-0.25, -0.2) is 4.79 Å². The minimum Gasteiger partial charge on any atom is -0.493 e. The Hall–Kier alpha value is -4.21. The van der Waals surface area contributed by atoms with Gasteiger partial charge >= 0.3 is 6.03 Å². The van der Waals surface area contributed by atoms with Gasteiger partial charge < -0.3 is 19.9 Å². The van der Waals surface area contributed by atoms with Gasteiger partial charge in [0, 0.05) is 36.2 Å². The molecule has 1 saturated heterocycles. The highest BCUT2D eigenvalue weighted by atomic mass is 16.5. The molecule has 2 aromatic carbocycles. The summed E-state index contributed by atoms with van der Waals surface area (Å²) in [5.74, 6) is 1.41. The largest absolute Gasteiger partial charge is 0.493 e. The molecule has 1 aromatic heterocycles. The Labute approximate surface area is 207 Å². The average Bonchev–Trinajstić information content (AvgIpc) is 3.27. The molecule has 3 aliphatic rings. The molecule has 1 unspecified atom stereocenters. The molecule has 0 bridgehead atoms. The number of urea groups is 1. The first-order valence-corrected chi connectivity index (χ1v) is 12.2. The Balaban J connectivity index is 1.19. The maximum atomic E-state index is 13.4. The van der Waals surface area contributed by atoms with Gasteiger partial charge in [0.2, 0.25) is 5.91 Å². The Bertz CT molecular complexity index is 1370. The van der Waals surface area contributed by atoms with Crippen LogP contribution >= 0.6 is 0 Å². The van der Waals surface area contributed by atoms with E-state index in [1.807, 2.05) is 24.3 Å². The summed E-state index contributed by atoms with van der Waals surface area (Å²) < 4.78 is 7.81. The number of aryl methyl sites for hydroxylation is 1. The minimum atomic E-state index is -1.21. The summed E-state index contributed by atoms with van der Waals surface area (Å²) in [5, 5.41) is 14.4. The highest BCUT2D eigenvalue weighted by Crippen LogP contribution is 2.40. The van der Waals surface area contributed by atoms with Gasteiger partial charge in [0.1, 0.15) is 18.1 Å². The predicted octanol–water partition coefficient (Wildman–Crippen LogP) is 2.84. The zero-order valence-electron chi connectivity index (χ0n) is 19.7. The van der Waals surface area contributed by atoms with E-state index in [1.54, 1.807) is 24.3 Å². The van der Waals surface area contributed by atoms with E-state index in [0.717, 1.165) is 47.9 Å². The van der Waals surface area contributed by atoms with Crippen LogP contribution in [0.1, 0.15) is 37.1 Å². The summed E-state index contributed by atoms with van der Waals surface area (Å²) in [6.45, 7) is 0.776. The SMILES string of the molecule is O=C(CN1C(=O)NC2(CCOc3ccccc32)C1=O)Nc1cccc(-c2nnc3n2CCCCC3)c1. The van der Waals surface area contributed by atoms with Crippen molar-refractivity contribution in [3.63, 3.8) is 0 Å². The highest BCUT2D eigenvalue weighted by molar-refractivity contribution is 6.10. The maximum Gasteiger partial charge on any atom is 0.325 e. The number of fused-ring (bicyclic) bond motifs is 3. The van der Waals surface area contributed by atoms with E-state index in [-0.39, 0.29) is 6.54 Å². The number of carbonyl (C=O) groups is 3. The van der Waals surface area contributed by atoms with Crippen LogP contribution in [0.5, 0.6) is 5.75 Å². The Kier molecular flexibility index (Phi) is 5.43. The Morgan fingerprint density at radius 1 is 1.08 bits per heavy atom. The molecule has 6 rings (SSSR count). The quantitative estimate of drug-likeness (QED) is 0.548. The number of nitrogens with zero attached hydrogens (tertiary/aromatic N) is 4. The Morgan fingerprint density at radius 3 is 2.89 bits per heavy atom. The molecule has 0 saturated carbocycles. The van der Waals surface area contributed by atoms with E-state index >= 15 is 0 Å². The van der Waals surface area contributed by atoms with Crippen LogP contribution in [0.15, 0.2) is 48.5 Å². The molecule has 2 N–H and O–H groups in total. The first-order chi connectivity index (χ1) is 17.5. The maximum absolute atomic E-state index is 13.4. The smallest absolute Gasteiger partial charge is 0.325 e. The number of ether oxygens (including phenoxy) is 1. The van der Waals surface area contributed by atoms with E-state index < -0.39 is 23.4 Å². The van der Waals surface area contributed by atoms with Crippen LogP contribution in [0.3, 0.4) is 0 Å². The number of para-hydroxylation sites is 1. The fourth-order valence-electron chi connectivity index (χ4n) is 5.29. The van der Waals surface area contributed by atoms with Crippen LogP contribution in [0.25, 0.3) is 11.4 Å². The second-order valence-electron chi connectivity index (χ2n) is 9.35. The van der Waals surface area contributed by atoms with Crippen molar-refractivity contribution >= 4 is 23.5 Å². The van der Waals surface area contributed by atoms with Gasteiger partial charge in [0.15, 0.2) is 11.4 Å². The van der Waals surface area contributed by atoms with Gasteiger partial charge in [-0.3, -0.25) is 14.5 Å². The van der Waals surface area contributed by atoms with Crippen LogP contribution in [0, 0.1) is 0 Å². The van der Waals surface area contributed by atoms with E-state index in [1.165, 1.54) is 6.42 Å². The third-order valence-corrected chi connectivity index (χ3v) is 7.07. The summed E-state index contributed by atoms with van der Waals surface area (Å²) in [6, 6.07) is 13.9. The average molecular weight is 487 g/mol. The lowest BCUT2D eigenvalue weighted by atomic mass is 9.84. The first-order valence-electron chi connectivity index (χ1n) is 12.2.